The maximum absolute atomic E-state index is 10.7. The molecule has 4 nitrogen and oxygen atoms in total. The molecule has 0 amide bonds. The molecule has 0 aromatic heterocycles. The highest BCUT2D eigenvalue weighted by Gasteiger charge is 2.26. The van der Waals surface area contributed by atoms with Crippen LogP contribution in [0.5, 0.6) is 0 Å². The van der Waals surface area contributed by atoms with Crippen LogP contribution in [0.3, 0.4) is 0 Å². The van der Waals surface area contributed by atoms with Crippen LogP contribution in [-0.4, -0.2) is 37.5 Å². The highest BCUT2D eigenvalue weighted by Crippen LogP contribution is 2.19. The van der Waals surface area contributed by atoms with E-state index in [1.165, 1.54) is 0 Å². The molecule has 15 heavy (non-hydrogen) atoms. The second kappa shape index (κ2) is 7.65. The minimum atomic E-state index is -0.784. The number of carbonyl (C=O) groups is 1. The van der Waals surface area contributed by atoms with E-state index >= 15 is 0 Å². The minimum Gasteiger partial charge on any atom is -0.481 e. The Bertz CT molecular complexity index is 177. The van der Waals surface area contributed by atoms with Crippen LogP contribution < -0.4 is 0 Å². The molecular formula is C11H22O4. The van der Waals surface area contributed by atoms with Gasteiger partial charge in [0, 0.05) is 13.2 Å². The van der Waals surface area contributed by atoms with Crippen molar-refractivity contribution in [2.24, 2.45) is 5.41 Å². The zero-order valence-corrected chi connectivity index (χ0v) is 9.91. The molecule has 0 bridgehead atoms. The number of aliphatic carboxylic acids is 1. The topological polar surface area (TPSA) is 55.8 Å². The first-order valence-electron chi connectivity index (χ1n) is 5.39. The van der Waals surface area contributed by atoms with E-state index in [0.29, 0.717) is 26.2 Å². The van der Waals surface area contributed by atoms with Gasteiger partial charge in [-0.3, -0.25) is 4.79 Å². The Morgan fingerprint density at radius 3 is 2.13 bits per heavy atom. The van der Waals surface area contributed by atoms with E-state index in [0.717, 1.165) is 13.0 Å². The molecule has 0 atom stereocenters. The Labute approximate surface area is 91.6 Å². The van der Waals surface area contributed by atoms with Crippen molar-refractivity contribution >= 4 is 5.97 Å². The van der Waals surface area contributed by atoms with Gasteiger partial charge >= 0.3 is 5.97 Å². The lowest BCUT2D eigenvalue weighted by atomic mass is 9.90. The molecule has 0 heterocycles. The van der Waals surface area contributed by atoms with Crippen molar-refractivity contribution in [1.29, 1.82) is 0 Å². The predicted molar refractivity (Wildman–Crippen MR) is 58.0 cm³/mol. The molecule has 0 saturated heterocycles. The average molecular weight is 218 g/mol. The van der Waals surface area contributed by atoms with Crippen molar-refractivity contribution in [3.63, 3.8) is 0 Å². The minimum absolute atomic E-state index is 0.467. The summed E-state index contributed by atoms with van der Waals surface area (Å²) in [5.41, 5.74) is -0.704. The smallest absolute Gasteiger partial charge is 0.309 e. The van der Waals surface area contributed by atoms with Crippen LogP contribution in [0.15, 0.2) is 0 Å². The van der Waals surface area contributed by atoms with Gasteiger partial charge in [0.05, 0.1) is 18.6 Å². The molecule has 0 saturated carbocycles. The van der Waals surface area contributed by atoms with Gasteiger partial charge < -0.3 is 14.6 Å². The molecule has 0 fully saturated rings. The molecule has 1 N–H and O–H groups in total. The first-order valence-corrected chi connectivity index (χ1v) is 5.39. The van der Waals surface area contributed by atoms with Gasteiger partial charge in [-0.15, -0.1) is 0 Å². The van der Waals surface area contributed by atoms with Crippen molar-refractivity contribution in [2.45, 2.75) is 33.6 Å². The van der Waals surface area contributed by atoms with E-state index in [9.17, 15) is 4.79 Å². The van der Waals surface area contributed by atoms with Gasteiger partial charge in [0.25, 0.3) is 0 Å². The fourth-order valence-electron chi connectivity index (χ4n) is 0.901. The van der Waals surface area contributed by atoms with Crippen LogP contribution in [-0.2, 0) is 14.3 Å². The second-order valence-electron chi connectivity index (χ2n) is 4.16. The molecule has 0 aromatic carbocycles. The third-order valence-corrected chi connectivity index (χ3v) is 2.17. The van der Waals surface area contributed by atoms with Crippen LogP contribution >= 0.6 is 0 Å². The lowest BCUT2D eigenvalue weighted by molar-refractivity contribution is -0.148. The summed E-state index contributed by atoms with van der Waals surface area (Å²) in [6.07, 6.45) is 1.53. The summed E-state index contributed by atoms with van der Waals surface area (Å²) in [6.45, 7) is 7.80. The van der Waals surface area contributed by atoms with Crippen molar-refractivity contribution in [1.82, 2.24) is 0 Å². The standard InChI is InChI=1S/C11H22O4/c1-4-6-14-8-9-15-7-5-11(2,3)10(12)13/h4-9H2,1-3H3,(H,12,13). The van der Waals surface area contributed by atoms with Crippen LogP contribution in [0.1, 0.15) is 33.6 Å². The number of carboxylic acids is 1. The lowest BCUT2D eigenvalue weighted by Gasteiger charge is -2.18. The second-order valence-corrected chi connectivity index (χ2v) is 4.16. The third kappa shape index (κ3) is 7.33. The summed E-state index contributed by atoms with van der Waals surface area (Å²) in [5, 5.41) is 8.83. The monoisotopic (exact) mass is 218 g/mol. The summed E-state index contributed by atoms with van der Waals surface area (Å²) in [6, 6.07) is 0. The molecular weight excluding hydrogens is 196 g/mol. The summed E-state index contributed by atoms with van der Waals surface area (Å²) in [7, 11) is 0. The van der Waals surface area contributed by atoms with Crippen molar-refractivity contribution in [3.8, 4) is 0 Å². The largest absolute Gasteiger partial charge is 0.481 e. The first kappa shape index (κ1) is 14.4. The third-order valence-electron chi connectivity index (χ3n) is 2.17. The van der Waals surface area contributed by atoms with Crippen LogP contribution in [0.25, 0.3) is 0 Å². The Morgan fingerprint density at radius 2 is 1.67 bits per heavy atom. The predicted octanol–water partition coefficient (Wildman–Crippen LogP) is 1.93. The fraction of sp³-hybridized carbons (Fsp3) is 0.909. The molecule has 0 rings (SSSR count). The normalized spacial score (nSPS) is 11.7. The van der Waals surface area contributed by atoms with Gasteiger partial charge in [0.2, 0.25) is 0 Å². The van der Waals surface area contributed by atoms with Gasteiger partial charge in [-0.2, -0.15) is 0 Å². The maximum Gasteiger partial charge on any atom is 0.309 e. The van der Waals surface area contributed by atoms with Gasteiger partial charge in [0.1, 0.15) is 0 Å². The highest BCUT2D eigenvalue weighted by molar-refractivity contribution is 5.73. The Hall–Kier alpha value is -0.610. The number of rotatable bonds is 9. The van der Waals surface area contributed by atoms with E-state index in [2.05, 4.69) is 6.92 Å². The summed E-state index contributed by atoms with van der Waals surface area (Å²) in [5.74, 6) is -0.784. The maximum atomic E-state index is 10.7. The summed E-state index contributed by atoms with van der Waals surface area (Å²) >= 11 is 0. The number of hydrogen-bond donors (Lipinski definition) is 1. The van der Waals surface area contributed by atoms with Gasteiger partial charge in [0.15, 0.2) is 0 Å². The Balaban J connectivity index is 3.35. The number of hydrogen-bond acceptors (Lipinski definition) is 3. The molecule has 0 aliphatic rings. The van der Waals surface area contributed by atoms with Gasteiger partial charge in [-0.1, -0.05) is 6.92 Å². The van der Waals surface area contributed by atoms with Crippen LogP contribution in [0, 0.1) is 5.41 Å². The van der Waals surface area contributed by atoms with E-state index in [1.807, 2.05) is 0 Å². The molecule has 4 heteroatoms. The van der Waals surface area contributed by atoms with E-state index in [1.54, 1.807) is 13.8 Å². The fourth-order valence-corrected chi connectivity index (χ4v) is 0.901. The Morgan fingerprint density at radius 1 is 1.13 bits per heavy atom. The number of carboxylic acid groups (broad SMARTS) is 1. The molecule has 0 radical (unpaired) electrons. The van der Waals surface area contributed by atoms with E-state index in [4.69, 9.17) is 14.6 Å². The van der Waals surface area contributed by atoms with Gasteiger partial charge in [-0.05, 0) is 26.7 Å². The molecule has 0 spiro atoms. The molecule has 0 aliphatic heterocycles. The Kier molecular flexibility index (Phi) is 7.34. The highest BCUT2D eigenvalue weighted by atomic mass is 16.5. The molecule has 0 aromatic rings. The molecule has 90 valence electrons. The SMILES string of the molecule is CCCOCCOCCC(C)(C)C(=O)O. The first-order chi connectivity index (χ1) is 7.00. The molecule has 0 unspecified atom stereocenters. The quantitative estimate of drug-likeness (QED) is 0.601. The lowest BCUT2D eigenvalue weighted by Crippen LogP contribution is -2.25. The molecule has 0 aliphatic carbocycles. The zero-order valence-electron chi connectivity index (χ0n) is 9.91. The van der Waals surface area contributed by atoms with Crippen molar-refractivity contribution in [2.75, 3.05) is 26.4 Å². The summed E-state index contributed by atoms with van der Waals surface area (Å²) in [4.78, 5) is 10.7. The van der Waals surface area contributed by atoms with Crippen molar-refractivity contribution < 1.29 is 19.4 Å². The number of ether oxygens (including phenoxy) is 2. The van der Waals surface area contributed by atoms with Gasteiger partial charge in [-0.25, -0.2) is 0 Å². The van der Waals surface area contributed by atoms with Crippen LogP contribution in [0.2, 0.25) is 0 Å². The average Bonchev–Trinajstić information content (AvgIpc) is 2.16. The van der Waals surface area contributed by atoms with Crippen LogP contribution in [0.4, 0.5) is 0 Å². The zero-order chi connectivity index (χ0) is 11.7. The van der Waals surface area contributed by atoms with Crippen molar-refractivity contribution in [3.05, 3.63) is 0 Å². The van der Waals surface area contributed by atoms with E-state index in [-0.39, 0.29) is 0 Å². The van der Waals surface area contributed by atoms with E-state index < -0.39 is 11.4 Å². The summed E-state index contributed by atoms with van der Waals surface area (Å²) < 4.78 is 10.5.